The first-order valence-corrected chi connectivity index (χ1v) is 7.44. The Kier molecular flexibility index (Phi) is 7.67. The van der Waals surface area contributed by atoms with Gasteiger partial charge in [-0.1, -0.05) is 26.0 Å². The van der Waals surface area contributed by atoms with Crippen molar-refractivity contribution < 1.29 is 14.3 Å². The second-order valence-corrected chi connectivity index (χ2v) is 4.87. The molecule has 0 heterocycles. The van der Waals surface area contributed by atoms with E-state index in [1.807, 2.05) is 45.0 Å². The van der Waals surface area contributed by atoms with Crippen molar-refractivity contribution in [2.24, 2.45) is 5.10 Å². The summed E-state index contributed by atoms with van der Waals surface area (Å²) < 4.78 is 5.58. The van der Waals surface area contributed by atoms with Gasteiger partial charge in [0.25, 0.3) is 0 Å². The standard InChI is InChI=1S/C16H23N3O3/c1-4-10-22-14-9-7-6-8-13(14)11-17-19-16(21)15(20)18-12(3)5-2/h6-9,11-12H,4-5,10H2,1-3H3,(H,18,20)(H,19,21)/b17-11-/t12-/m1/s1. The molecule has 6 heteroatoms. The van der Waals surface area contributed by atoms with Gasteiger partial charge in [-0.05, 0) is 31.9 Å². The molecule has 1 atom stereocenters. The molecule has 0 spiro atoms. The van der Waals surface area contributed by atoms with Crippen molar-refractivity contribution in [1.82, 2.24) is 10.7 Å². The van der Waals surface area contributed by atoms with Gasteiger partial charge in [0.15, 0.2) is 0 Å². The Labute approximate surface area is 130 Å². The SMILES string of the molecule is CCCOc1ccccc1/C=N\NC(=O)C(=O)N[C@H](C)CC. The van der Waals surface area contributed by atoms with Crippen LogP contribution in [0.3, 0.4) is 0 Å². The van der Waals surface area contributed by atoms with E-state index in [2.05, 4.69) is 15.8 Å². The molecule has 0 aromatic heterocycles. The highest BCUT2D eigenvalue weighted by Crippen LogP contribution is 2.15. The van der Waals surface area contributed by atoms with E-state index >= 15 is 0 Å². The van der Waals surface area contributed by atoms with Crippen molar-refractivity contribution in [2.75, 3.05) is 6.61 Å². The van der Waals surface area contributed by atoms with Crippen LogP contribution in [0.25, 0.3) is 0 Å². The minimum Gasteiger partial charge on any atom is -0.493 e. The summed E-state index contributed by atoms with van der Waals surface area (Å²) in [5.41, 5.74) is 2.94. The van der Waals surface area contributed by atoms with Crippen LogP contribution < -0.4 is 15.5 Å². The van der Waals surface area contributed by atoms with Crippen molar-refractivity contribution >= 4 is 18.0 Å². The van der Waals surface area contributed by atoms with E-state index in [1.54, 1.807) is 0 Å². The van der Waals surface area contributed by atoms with Crippen molar-refractivity contribution in [3.8, 4) is 5.75 Å². The molecule has 2 N–H and O–H groups in total. The summed E-state index contributed by atoms with van der Waals surface area (Å²) in [6.45, 7) is 6.38. The number of amides is 2. The molecule has 0 unspecified atom stereocenters. The molecule has 1 aromatic rings. The number of hydrogen-bond donors (Lipinski definition) is 2. The van der Waals surface area contributed by atoms with Crippen LogP contribution in [0.15, 0.2) is 29.4 Å². The summed E-state index contributed by atoms with van der Waals surface area (Å²) in [5.74, 6) is -0.795. The third kappa shape index (κ3) is 5.95. The van der Waals surface area contributed by atoms with Gasteiger partial charge < -0.3 is 10.1 Å². The lowest BCUT2D eigenvalue weighted by atomic mass is 10.2. The van der Waals surface area contributed by atoms with Crippen LogP contribution in [-0.2, 0) is 9.59 Å². The fourth-order valence-electron chi connectivity index (χ4n) is 1.53. The summed E-state index contributed by atoms with van der Waals surface area (Å²) in [6, 6.07) is 7.30. The number of hydrogen-bond acceptors (Lipinski definition) is 4. The van der Waals surface area contributed by atoms with Crippen LogP contribution in [0.5, 0.6) is 5.75 Å². The van der Waals surface area contributed by atoms with Gasteiger partial charge in [-0.2, -0.15) is 5.10 Å². The van der Waals surface area contributed by atoms with E-state index < -0.39 is 11.8 Å². The minimum absolute atomic E-state index is 0.0506. The molecule has 120 valence electrons. The summed E-state index contributed by atoms with van der Waals surface area (Å²) in [4.78, 5) is 23.1. The van der Waals surface area contributed by atoms with Crippen LogP contribution in [0, 0.1) is 0 Å². The normalized spacial score (nSPS) is 12.0. The first-order chi connectivity index (χ1) is 10.6. The van der Waals surface area contributed by atoms with E-state index in [-0.39, 0.29) is 6.04 Å². The van der Waals surface area contributed by atoms with Gasteiger partial charge >= 0.3 is 11.8 Å². The number of hydrazone groups is 1. The number of nitrogens with zero attached hydrogens (tertiary/aromatic N) is 1. The Morgan fingerprint density at radius 1 is 1.27 bits per heavy atom. The zero-order valence-corrected chi connectivity index (χ0v) is 13.3. The lowest BCUT2D eigenvalue weighted by Gasteiger charge is -2.09. The monoisotopic (exact) mass is 305 g/mol. The molecule has 0 aliphatic heterocycles. The number of para-hydroxylation sites is 1. The Balaban J connectivity index is 2.58. The fourth-order valence-corrected chi connectivity index (χ4v) is 1.53. The van der Waals surface area contributed by atoms with Crippen LogP contribution in [-0.4, -0.2) is 30.7 Å². The Morgan fingerprint density at radius 2 is 2.00 bits per heavy atom. The molecule has 2 amide bonds. The van der Waals surface area contributed by atoms with Crippen LogP contribution in [0.2, 0.25) is 0 Å². The first-order valence-electron chi connectivity index (χ1n) is 7.44. The van der Waals surface area contributed by atoms with Crippen molar-refractivity contribution in [2.45, 2.75) is 39.7 Å². The van der Waals surface area contributed by atoms with Gasteiger partial charge in [0.2, 0.25) is 0 Å². The van der Waals surface area contributed by atoms with Crippen molar-refractivity contribution in [1.29, 1.82) is 0 Å². The van der Waals surface area contributed by atoms with Crippen molar-refractivity contribution in [3.63, 3.8) is 0 Å². The van der Waals surface area contributed by atoms with E-state index in [0.717, 1.165) is 18.4 Å². The number of rotatable bonds is 7. The predicted molar refractivity (Wildman–Crippen MR) is 85.9 cm³/mol. The smallest absolute Gasteiger partial charge is 0.329 e. The van der Waals surface area contributed by atoms with E-state index in [1.165, 1.54) is 6.21 Å². The topological polar surface area (TPSA) is 79.8 Å². The van der Waals surface area contributed by atoms with E-state index in [4.69, 9.17) is 4.74 Å². The lowest BCUT2D eigenvalue weighted by molar-refractivity contribution is -0.139. The Bertz CT molecular complexity index is 529. The van der Waals surface area contributed by atoms with Crippen LogP contribution >= 0.6 is 0 Å². The van der Waals surface area contributed by atoms with Gasteiger partial charge in [-0.25, -0.2) is 5.43 Å². The summed E-state index contributed by atoms with van der Waals surface area (Å²) in [6.07, 6.45) is 3.11. The van der Waals surface area contributed by atoms with Gasteiger partial charge in [0.1, 0.15) is 5.75 Å². The van der Waals surface area contributed by atoms with Crippen LogP contribution in [0.4, 0.5) is 0 Å². The number of benzene rings is 1. The van der Waals surface area contributed by atoms with Gasteiger partial charge in [-0.15, -0.1) is 0 Å². The number of nitrogens with one attached hydrogen (secondary N) is 2. The first kappa shape index (κ1) is 17.7. The zero-order valence-electron chi connectivity index (χ0n) is 13.3. The molecular weight excluding hydrogens is 282 g/mol. The molecule has 0 saturated heterocycles. The van der Waals surface area contributed by atoms with Gasteiger partial charge in [0, 0.05) is 11.6 Å². The third-order valence-corrected chi connectivity index (χ3v) is 2.95. The second-order valence-electron chi connectivity index (χ2n) is 4.87. The lowest BCUT2D eigenvalue weighted by Crippen LogP contribution is -2.41. The predicted octanol–water partition coefficient (Wildman–Crippen LogP) is 1.84. The maximum Gasteiger partial charge on any atom is 0.329 e. The Hall–Kier alpha value is -2.37. The van der Waals surface area contributed by atoms with Crippen LogP contribution in [0.1, 0.15) is 39.2 Å². The molecule has 1 rings (SSSR count). The quantitative estimate of drug-likeness (QED) is 0.458. The van der Waals surface area contributed by atoms with Gasteiger partial charge in [-0.3, -0.25) is 9.59 Å². The largest absolute Gasteiger partial charge is 0.493 e. The summed E-state index contributed by atoms with van der Waals surface area (Å²) in [5, 5.41) is 6.37. The fraction of sp³-hybridized carbons (Fsp3) is 0.438. The van der Waals surface area contributed by atoms with E-state index in [9.17, 15) is 9.59 Å². The number of ether oxygens (including phenoxy) is 1. The molecule has 0 aliphatic rings. The molecule has 0 saturated carbocycles. The summed E-state index contributed by atoms with van der Waals surface area (Å²) >= 11 is 0. The molecular formula is C16H23N3O3. The molecule has 0 radical (unpaired) electrons. The maximum absolute atomic E-state index is 11.6. The molecule has 1 aromatic carbocycles. The number of carbonyl (C=O) groups is 2. The number of carbonyl (C=O) groups excluding carboxylic acids is 2. The third-order valence-electron chi connectivity index (χ3n) is 2.95. The molecule has 0 fully saturated rings. The zero-order chi connectivity index (χ0) is 16.4. The maximum atomic E-state index is 11.6. The summed E-state index contributed by atoms with van der Waals surface area (Å²) in [7, 11) is 0. The average molecular weight is 305 g/mol. The average Bonchev–Trinajstić information content (AvgIpc) is 2.53. The highest BCUT2D eigenvalue weighted by Gasteiger charge is 2.14. The molecule has 0 aliphatic carbocycles. The van der Waals surface area contributed by atoms with E-state index in [0.29, 0.717) is 12.4 Å². The van der Waals surface area contributed by atoms with Crippen molar-refractivity contribution in [3.05, 3.63) is 29.8 Å². The molecule has 0 bridgehead atoms. The highest BCUT2D eigenvalue weighted by atomic mass is 16.5. The molecule has 22 heavy (non-hydrogen) atoms. The highest BCUT2D eigenvalue weighted by molar-refractivity contribution is 6.35. The van der Waals surface area contributed by atoms with Gasteiger partial charge in [0.05, 0.1) is 12.8 Å². The second kappa shape index (κ2) is 9.55. The molecule has 6 nitrogen and oxygen atoms in total. The minimum atomic E-state index is -0.788. The Morgan fingerprint density at radius 3 is 2.68 bits per heavy atom.